The van der Waals surface area contributed by atoms with Crippen LogP contribution in [0.1, 0.15) is 61.4 Å². The van der Waals surface area contributed by atoms with Crippen LogP contribution in [0.2, 0.25) is 0 Å². The van der Waals surface area contributed by atoms with Crippen LogP contribution in [0.25, 0.3) is 0 Å². The first-order valence-corrected chi connectivity index (χ1v) is 12.7. The number of methoxy groups -OCH3 is 1. The maximum atomic E-state index is 12.8. The second-order valence-electron chi connectivity index (χ2n) is 9.80. The number of hydrogen-bond donors (Lipinski definition) is 2. The molecule has 2 amide bonds. The number of aromatic carboxylic acids is 1. The highest BCUT2D eigenvalue weighted by molar-refractivity contribution is 5.97. The van der Waals surface area contributed by atoms with E-state index >= 15 is 0 Å². The van der Waals surface area contributed by atoms with Crippen LogP contribution in [-0.2, 0) is 16.1 Å². The van der Waals surface area contributed by atoms with Gasteiger partial charge in [-0.25, -0.2) is 4.79 Å². The minimum absolute atomic E-state index is 0.0764. The lowest BCUT2D eigenvalue weighted by Gasteiger charge is -2.28. The molecule has 0 aromatic heterocycles. The summed E-state index contributed by atoms with van der Waals surface area (Å²) in [5.74, 6) is -0.0446. The number of amides is 2. The van der Waals surface area contributed by atoms with Crippen LogP contribution in [-0.4, -0.2) is 49.6 Å². The van der Waals surface area contributed by atoms with E-state index in [4.69, 9.17) is 9.84 Å². The number of hydrogen-bond acceptors (Lipinski definition) is 5. The zero-order valence-electron chi connectivity index (χ0n) is 21.1. The van der Waals surface area contributed by atoms with E-state index in [1.807, 2.05) is 23.1 Å². The van der Waals surface area contributed by atoms with Crippen molar-refractivity contribution in [1.29, 1.82) is 0 Å². The fraction of sp³-hybridized carbons (Fsp3) is 0.464. The smallest absolute Gasteiger partial charge is 0.335 e. The van der Waals surface area contributed by atoms with Crippen molar-refractivity contribution in [1.82, 2.24) is 5.32 Å². The Bertz CT molecular complexity index is 1120. The quantitative estimate of drug-likeness (QED) is 0.481. The minimum atomic E-state index is -0.976. The van der Waals surface area contributed by atoms with Gasteiger partial charge in [-0.2, -0.15) is 0 Å². The van der Waals surface area contributed by atoms with Crippen molar-refractivity contribution in [2.45, 2.75) is 52.0 Å². The molecule has 0 bridgehead atoms. The van der Waals surface area contributed by atoms with Crippen LogP contribution in [0, 0.1) is 5.41 Å². The number of carbonyl (C=O) groups excluding carboxylic acids is 2. The number of nitrogens with one attached hydrogen (secondary N) is 1. The molecule has 2 aliphatic rings. The number of nitrogens with zero attached hydrogens (tertiary/aromatic N) is 2. The third-order valence-corrected chi connectivity index (χ3v) is 7.52. The summed E-state index contributed by atoms with van der Waals surface area (Å²) < 4.78 is 5.60. The standard InChI is InChI=1S/C28H35N3O5/c1-3-28(17-26(33)31(19-28)22-10-8-21(9-11-22)27(34)35)13-14-29-18-20-7-12-23(24(16-20)36-2)30-15-5-4-6-25(30)32/h7-12,16,29H,3-6,13-15,17-19H2,1-2H3,(H,34,35). The Kier molecular flexibility index (Phi) is 7.94. The lowest BCUT2D eigenvalue weighted by molar-refractivity contribution is -0.119. The molecule has 8 heteroatoms. The van der Waals surface area contributed by atoms with Gasteiger partial charge in [0.2, 0.25) is 11.8 Å². The molecule has 2 fully saturated rings. The summed E-state index contributed by atoms with van der Waals surface area (Å²) >= 11 is 0. The zero-order chi connectivity index (χ0) is 25.7. The van der Waals surface area contributed by atoms with Gasteiger partial charge in [0.1, 0.15) is 5.75 Å². The highest BCUT2D eigenvalue weighted by Gasteiger charge is 2.41. The van der Waals surface area contributed by atoms with E-state index in [1.54, 1.807) is 36.3 Å². The van der Waals surface area contributed by atoms with Crippen molar-refractivity contribution >= 4 is 29.2 Å². The molecule has 2 aromatic carbocycles. The molecule has 36 heavy (non-hydrogen) atoms. The molecule has 2 aliphatic heterocycles. The summed E-state index contributed by atoms with van der Waals surface area (Å²) in [6, 6.07) is 12.5. The Morgan fingerprint density at radius 1 is 1.08 bits per heavy atom. The van der Waals surface area contributed by atoms with Crippen LogP contribution in [0.4, 0.5) is 11.4 Å². The average molecular weight is 494 g/mol. The van der Waals surface area contributed by atoms with E-state index < -0.39 is 5.97 Å². The molecule has 0 spiro atoms. The second kappa shape index (κ2) is 11.1. The molecule has 192 valence electrons. The van der Waals surface area contributed by atoms with Crippen molar-refractivity contribution in [3.8, 4) is 5.75 Å². The first-order valence-electron chi connectivity index (χ1n) is 12.7. The highest BCUT2D eigenvalue weighted by atomic mass is 16.5. The van der Waals surface area contributed by atoms with Crippen molar-refractivity contribution < 1.29 is 24.2 Å². The third kappa shape index (κ3) is 5.54. The van der Waals surface area contributed by atoms with Gasteiger partial charge < -0.3 is 25.0 Å². The van der Waals surface area contributed by atoms with Gasteiger partial charge in [-0.15, -0.1) is 0 Å². The summed E-state index contributed by atoms with van der Waals surface area (Å²) in [6.45, 7) is 4.91. The van der Waals surface area contributed by atoms with Crippen molar-refractivity contribution in [2.24, 2.45) is 5.41 Å². The van der Waals surface area contributed by atoms with Crippen molar-refractivity contribution in [2.75, 3.05) is 36.5 Å². The summed E-state index contributed by atoms with van der Waals surface area (Å²) in [5.41, 5.74) is 2.74. The Morgan fingerprint density at radius 2 is 1.86 bits per heavy atom. The number of rotatable bonds is 10. The molecular weight excluding hydrogens is 458 g/mol. The number of benzene rings is 2. The van der Waals surface area contributed by atoms with E-state index in [-0.39, 0.29) is 22.8 Å². The van der Waals surface area contributed by atoms with Crippen molar-refractivity contribution in [3.05, 3.63) is 53.6 Å². The van der Waals surface area contributed by atoms with E-state index in [1.165, 1.54) is 0 Å². The number of carboxylic acids is 1. The number of carbonyl (C=O) groups is 3. The summed E-state index contributed by atoms with van der Waals surface area (Å²) in [4.78, 5) is 39.9. The van der Waals surface area contributed by atoms with Crippen molar-refractivity contribution in [3.63, 3.8) is 0 Å². The number of ether oxygens (including phenoxy) is 1. The van der Waals surface area contributed by atoms with E-state index in [0.717, 1.165) is 55.7 Å². The van der Waals surface area contributed by atoms with E-state index in [0.29, 0.717) is 31.7 Å². The summed E-state index contributed by atoms with van der Waals surface area (Å²) in [7, 11) is 1.63. The highest BCUT2D eigenvalue weighted by Crippen LogP contribution is 2.40. The van der Waals surface area contributed by atoms with Gasteiger partial charge >= 0.3 is 5.97 Å². The van der Waals surface area contributed by atoms with Crippen LogP contribution >= 0.6 is 0 Å². The molecule has 0 saturated carbocycles. The van der Waals surface area contributed by atoms with Gasteiger partial charge in [0.25, 0.3) is 0 Å². The van der Waals surface area contributed by atoms with Gasteiger partial charge in [0.05, 0.1) is 18.4 Å². The predicted molar refractivity (Wildman–Crippen MR) is 139 cm³/mol. The molecule has 0 aliphatic carbocycles. The second-order valence-corrected chi connectivity index (χ2v) is 9.80. The Labute approximate surface area is 212 Å². The lowest BCUT2D eigenvalue weighted by Crippen LogP contribution is -2.35. The van der Waals surface area contributed by atoms with Gasteiger partial charge in [-0.05, 0) is 79.6 Å². The summed E-state index contributed by atoms with van der Waals surface area (Å²) in [5, 5.41) is 12.6. The van der Waals surface area contributed by atoms with E-state index in [2.05, 4.69) is 12.2 Å². The Hall–Kier alpha value is -3.39. The third-order valence-electron chi connectivity index (χ3n) is 7.52. The first-order chi connectivity index (χ1) is 17.4. The fourth-order valence-electron chi connectivity index (χ4n) is 5.20. The summed E-state index contributed by atoms with van der Waals surface area (Å²) in [6.07, 6.45) is 4.76. The topological polar surface area (TPSA) is 99.2 Å². The number of anilines is 2. The van der Waals surface area contributed by atoms with Crippen LogP contribution in [0.15, 0.2) is 42.5 Å². The fourth-order valence-corrected chi connectivity index (χ4v) is 5.20. The molecule has 2 N–H and O–H groups in total. The first kappa shape index (κ1) is 25.7. The molecule has 8 nitrogen and oxygen atoms in total. The van der Waals surface area contributed by atoms with Gasteiger partial charge in [-0.1, -0.05) is 13.0 Å². The predicted octanol–water partition coefficient (Wildman–Crippen LogP) is 4.22. The van der Waals surface area contributed by atoms with E-state index in [9.17, 15) is 14.4 Å². The molecule has 0 radical (unpaired) electrons. The zero-order valence-corrected chi connectivity index (χ0v) is 21.1. The number of piperidine rings is 1. The molecule has 4 rings (SSSR count). The normalized spacial score (nSPS) is 20.2. The van der Waals surface area contributed by atoms with Gasteiger partial charge in [-0.3, -0.25) is 9.59 Å². The minimum Gasteiger partial charge on any atom is -0.495 e. The van der Waals surface area contributed by atoms with Crippen LogP contribution < -0.4 is 19.9 Å². The van der Waals surface area contributed by atoms with Crippen LogP contribution in [0.5, 0.6) is 5.75 Å². The molecule has 2 saturated heterocycles. The largest absolute Gasteiger partial charge is 0.495 e. The molecule has 2 aromatic rings. The number of carboxylic acid groups (broad SMARTS) is 1. The SMILES string of the molecule is CCC1(CCNCc2ccc(N3CCCCC3=O)c(OC)c2)CC(=O)N(c2ccc(C(=O)O)cc2)C1. The molecule has 1 atom stereocenters. The molecule has 2 heterocycles. The monoisotopic (exact) mass is 493 g/mol. The van der Waals surface area contributed by atoms with Crippen LogP contribution in [0.3, 0.4) is 0 Å². The molecular formula is C28H35N3O5. The Balaban J connectivity index is 1.34. The Morgan fingerprint density at radius 3 is 2.53 bits per heavy atom. The van der Waals surface area contributed by atoms with Gasteiger partial charge in [0, 0.05) is 38.2 Å². The average Bonchev–Trinajstić information content (AvgIpc) is 3.23. The maximum Gasteiger partial charge on any atom is 0.335 e. The lowest BCUT2D eigenvalue weighted by atomic mass is 9.81. The van der Waals surface area contributed by atoms with Gasteiger partial charge in [0.15, 0.2) is 0 Å². The maximum absolute atomic E-state index is 12.8. The molecule has 1 unspecified atom stereocenters.